The SMILES string of the molecule is N#Cc1ccc(Nc2cnnc(N3CCCC3)n2)cc1. The van der Waals surface area contributed by atoms with E-state index in [2.05, 4.69) is 31.5 Å². The first-order chi connectivity index (χ1) is 9.85. The molecule has 0 unspecified atom stereocenters. The molecule has 2 aromatic rings. The number of anilines is 3. The van der Waals surface area contributed by atoms with Gasteiger partial charge in [-0.2, -0.15) is 15.3 Å². The average molecular weight is 266 g/mol. The topological polar surface area (TPSA) is 77.7 Å². The second-order valence-corrected chi connectivity index (χ2v) is 4.65. The minimum absolute atomic E-state index is 0.633. The zero-order valence-corrected chi connectivity index (χ0v) is 11.0. The molecule has 1 saturated heterocycles. The van der Waals surface area contributed by atoms with E-state index in [0.29, 0.717) is 17.3 Å². The smallest absolute Gasteiger partial charge is 0.247 e. The quantitative estimate of drug-likeness (QED) is 0.916. The van der Waals surface area contributed by atoms with Crippen LogP contribution in [-0.4, -0.2) is 28.3 Å². The first-order valence-corrected chi connectivity index (χ1v) is 6.57. The highest BCUT2D eigenvalue weighted by Gasteiger charge is 2.15. The van der Waals surface area contributed by atoms with Gasteiger partial charge in [0.1, 0.15) is 0 Å². The largest absolute Gasteiger partial charge is 0.339 e. The van der Waals surface area contributed by atoms with Crippen molar-refractivity contribution >= 4 is 17.5 Å². The van der Waals surface area contributed by atoms with Crippen LogP contribution in [0.3, 0.4) is 0 Å². The molecule has 100 valence electrons. The molecular weight excluding hydrogens is 252 g/mol. The van der Waals surface area contributed by atoms with Gasteiger partial charge in [0.15, 0.2) is 5.82 Å². The van der Waals surface area contributed by atoms with E-state index in [1.54, 1.807) is 18.3 Å². The van der Waals surface area contributed by atoms with E-state index >= 15 is 0 Å². The van der Waals surface area contributed by atoms with Crippen molar-refractivity contribution in [2.75, 3.05) is 23.3 Å². The van der Waals surface area contributed by atoms with Gasteiger partial charge in [0.05, 0.1) is 17.8 Å². The molecule has 1 N–H and O–H groups in total. The van der Waals surface area contributed by atoms with Crippen molar-refractivity contribution in [1.29, 1.82) is 5.26 Å². The van der Waals surface area contributed by atoms with Gasteiger partial charge in [-0.15, -0.1) is 5.10 Å². The maximum absolute atomic E-state index is 8.77. The fourth-order valence-electron chi connectivity index (χ4n) is 2.18. The van der Waals surface area contributed by atoms with E-state index in [0.717, 1.165) is 18.8 Å². The van der Waals surface area contributed by atoms with Gasteiger partial charge in [0.2, 0.25) is 5.95 Å². The molecular formula is C14H14N6. The van der Waals surface area contributed by atoms with E-state index in [4.69, 9.17) is 5.26 Å². The summed E-state index contributed by atoms with van der Waals surface area (Å²) in [5, 5.41) is 20.0. The Balaban J connectivity index is 1.76. The first-order valence-electron chi connectivity index (χ1n) is 6.57. The normalized spacial score (nSPS) is 14.1. The van der Waals surface area contributed by atoms with Crippen molar-refractivity contribution in [3.63, 3.8) is 0 Å². The Labute approximate surface area is 117 Å². The van der Waals surface area contributed by atoms with Crippen LogP contribution in [-0.2, 0) is 0 Å². The molecule has 6 heteroatoms. The zero-order valence-electron chi connectivity index (χ0n) is 11.0. The molecule has 0 saturated carbocycles. The molecule has 0 spiro atoms. The lowest BCUT2D eigenvalue weighted by Crippen LogP contribution is -2.21. The molecule has 0 bridgehead atoms. The van der Waals surface area contributed by atoms with E-state index in [1.807, 2.05) is 12.1 Å². The summed E-state index contributed by atoms with van der Waals surface area (Å²) in [6, 6.07) is 9.30. The fourth-order valence-corrected chi connectivity index (χ4v) is 2.18. The highest BCUT2D eigenvalue weighted by Crippen LogP contribution is 2.18. The van der Waals surface area contributed by atoms with Crippen LogP contribution in [0.15, 0.2) is 30.5 Å². The van der Waals surface area contributed by atoms with Crippen LogP contribution in [0.1, 0.15) is 18.4 Å². The second-order valence-electron chi connectivity index (χ2n) is 4.65. The number of nitriles is 1. The molecule has 3 rings (SSSR count). The second kappa shape index (κ2) is 5.53. The third-order valence-electron chi connectivity index (χ3n) is 3.22. The minimum atomic E-state index is 0.633. The van der Waals surface area contributed by atoms with Crippen molar-refractivity contribution in [3.05, 3.63) is 36.0 Å². The molecule has 1 fully saturated rings. The number of benzene rings is 1. The highest BCUT2D eigenvalue weighted by molar-refractivity contribution is 5.57. The number of rotatable bonds is 3. The maximum atomic E-state index is 8.77. The number of hydrogen-bond acceptors (Lipinski definition) is 6. The van der Waals surface area contributed by atoms with Crippen molar-refractivity contribution < 1.29 is 0 Å². The molecule has 1 aromatic heterocycles. The Morgan fingerprint density at radius 3 is 2.60 bits per heavy atom. The molecule has 0 amide bonds. The summed E-state index contributed by atoms with van der Waals surface area (Å²) in [6.07, 6.45) is 3.95. The van der Waals surface area contributed by atoms with E-state index in [1.165, 1.54) is 12.8 Å². The van der Waals surface area contributed by atoms with Crippen molar-refractivity contribution in [2.24, 2.45) is 0 Å². The monoisotopic (exact) mass is 266 g/mol. The third kappa shape index (κ3) is 2.67. The molecule has 0 radical (unpaired) electrons. The van der Waals surface area contributed by atoms with Gasteiger partial charge in [0.25, 0.3) is 0 Å². The molecule has 1 aliphatic heterocycles. The van der Waals surface area contributed by atoms with Crippen molar-refractivity contribution in [2.45, 2.75) is 12.8 Å². The Morgan fingerprint density at radius 1 is 1.15 bits per heavy atom. The van der Waals surface area contributed by atoms with Gasteiger partial charge < -0.3 is 10.2 Å². The summed E-state index contributed by atoms with van der Waals surface area (Å²) in [5.74, 6) is 1.33. The summed E-state index contributed by atoms with van der Waals surface area (Å²) >= 11 is 0. The van der Waals surface area contributed by atoms with Crippen LogP contribution < -0.4 is 10.2 Å². The number of hydrogen-bond donors (Lipinski definition) is 1. The van der Waals surface area contributed by atoms with Gasteiger partial charge in [-0.1, -0.05) is 0 Å². The third-order valence-corrected chi connectivity index (χ3v) is 3.22. The minimum Gasteiger partial charge on any atom is -0.339 e. The van der Waals surface area contributed by atoms with Gasteiger partial charge in [-0.3, -0.25) is 0 Å². The average Bonchev–Trinajstić information content (AvgIpc) is 3.03. The van der Waals surface area contributed by atoms with Crippen LogP contribution in [0.25, 0.3) is 0 Å². The van der Waals surface area contributed by atoms with Crippen molar-refractivity contribution in [3.8, 4) is 6.07 Å². The lowest BCUT2D eigenvalue weighted by atomic mass is 10.2. The molecule has 1 aromatic carbocycles. The van der Waals surface area contributed by atoms with Crippen LogP contribution in [0.2, 0.25) is 0 Å². The van der Waals surface area contributed by atoms with Crippen LogP contribution in [0.5, 0.6) is 0 Å². The van der Waals surface area contributed by atoms with Gasteiger partial charge in [0, 0.05) is 18.8 Å². The van der Waals surface area contributed by atoms with Crippen LogP contribution in [0.4, 0.5) is 17.5 Å². The molecule has 0 atom stereocenters. The molecule has 6 nitrogen and oxygen atoms in total. The number of aromatic nitrogens is 3. The summed E-state index contributed by atoms with van der Waals surface area (Å²) in [5.41, 5.74) is 1.51. The highest BCUT2D eigenvalue weighted by atomic mass is 15.3. The lowest BCUT2D eigenvalue weighted by Gasteiger charge is -2.14. The molecule has 2 heterocycles. The predicted molar refractivity (Wildman–Crippen MR) is 75.7 cm³/mol. The zero-order chi connectivity index (χ0) is 13.8. The maximum Gasteiger partial charge on any atom is 0.247 e. The van der Waals surface area contributed by atoms with Crippen molar-refractivity contribution in [1.82, 2.24) is 15.2 Å². The van der Waals surface area contributed by atoms with Gasteiger partial charge in [-0.25, -0.2) is 0 Å². The van der Waals surface area contributed by atoms with Gasteiger partial charge >= 0.3 is 0 Å². The molecule has 20 heavy (non-hydrogen) atoms. The van der Waals surface area contributed by atoms with Crippen LogP contribution in [0, 0.1) is 11.3 Å². The van der Waals surface area contributed by atoms with E-state index in [-0.39, 0.29) is 0 Å². The summed E-state index contributed by atoms with van der Waals surface area (Å²) in [6.45, 7) is 1.98. The first kappa shape index (κ1) is 12.4. The summed E-state index contributed by atoms with van der Waals surface area (Å²) < 4.78 is 0. The van der Waals surface area contributed by atoms with E-state index in [9.17, 15) is 0 Å². The standard InChI is InChI=1S/C14H14N6/c15-9-11-3-5-12(6-4-11)17-13-10-16-19-14(18-13)20-7-1-2-8-20/h3-6,10H,1-2,7-8H2,(H,17,18,19). The molecule has 1 aliphatic rings. The lowest BCUT2D eigenvalue weighted by molar-refractivity contribution is 0.852. The Hall–Kier alpha value is -2.68. The fraction of sp³-hybridized carbons (Fsp3) is 0.286. The van der Waals surface area contributed by atoms with Gasteiger partial charge in [-0.05, 0) is 37.1 Å². The summed E-state index contributed by atoms with van der Waals surface area (Å²) in [4.78, 5) is 6.60. The Bertz CT molecular complexity index is 625. The van der Waals surface area contributed by atoms with Crippen LogP contribution >= 0.6 is 0 Å². The Kier molecular flexibility index (Phi) is 3.42. The summed E-state index contributed by atoms with van der Waals surface area (Å²) in [7, 11) is 0. The number of nitrogens with zero attached hydrogens (tertiary/aromatic N) is 5. The Morgan fingerprint density at radius 2 is 1.90 bits per heavy atom. The molecule has 0 aliphatic carbocycles. The predicted octanol–water partition coefficient (Wildman–Crippen LogP) is 2.09. The van der Waals surface area contributed by atoms with E-state index < -0.39 is 0 Å². The number of nitrogens with one attached hydrogen (secondary N) is 1.